The van der Waals surface area contributed by atoms with Gasteiger partial charge in [-0.25, -0.2) is 0 Å². The SMILES string of the molecule is NCC1CCC(c2ccccc2)CC1N1CCCCC1. The van der Waals surface area contributed by atoms with Crippen LogP contribution in [0.3, 0.4) is 0 Å². The van der Waals surface area contributed by atoms with Crippen molar-refractivity contribution >= 4 is 0 Å². The van der Waals surface area contributed by atoms with E-state index in [4.69, 9.17) is 5.73 Å². The lowest BCUT2D eigenvalue weighted by atomic mass is 9.74. The van der Waals surface area contributed by atoms with Gasteiger partial charge in [0, 0.05) is 6.04 Å². The van der Waals surface area contributed by atoms with Gasteiger partial charge in [-0.05, 0) is 69.1 Å². The highest BCUT2D eigenvalue weighted by atomic mass is 15.2. The predicted molar refractivity (Wildman–Crippen MR) is 84.8 cm³/mol. The van der Waals surface area contributed by atoms with Gasteiger partial charge < -0.3 is 10.6 Å². The van der Waals surface area contributed by atoms with Crippen LogP contribution in [0.1, 0.15) is 50.0 Å². The smallest absolute Gasteiger partial charge is 0.0141 e. The van der Waals surface area contributed by atoms with E-state index in [2.05, 4.69) is 35.2 Å². The van der Waals surface area contributed by atoms with E-state index in [0.29, 0.717) is 5.92 Å². The van der Waals surface area contributed by atoms with Crippen molar-refractivity contribution in [3.63, 3.8) is 0 Å². The molecule has 0 amide bonds. The molecule has 3 unspecified atom stereocenters. The van der Waals surface area contributed by atoms with Crippen molar-refractivity contribution in [1.82, 2.24) is 4.90 Å². The molecule has 20 heavy (non-hydrogen) atoms. The molecule has 2 nitrogen and oxygen atoms in total. The van der Waals surface area contributed by atoms with Gasteiger partial charge in [0.15, 0.2) is 0 Å². The van der Waals surface area contributed by atoms with E-state index in [0.717, 1.165) is 18.5 Å². The average molecular weight is 272 g/mol. The van der Waals surface area contributed by atoms with Crippen molar-refractivity contribution in [2.75, 3.05) is 19.6 Å². The van der Waals surface area contributed by atoms with Crippen molar-refractivity contribution in [1.29, 1.82) is 0 Å². The lowest BCUT2D eigenvalue weighted by Crippen LogP contribution is -2.48. The van der Waals surface area contributed by atoms with Gasteiger partial charge in [0.2, 0.25) is 0 Å². The molecule has 1 saturated carbocycles. The zero-order chi connectivity index (χ0) is 13.8. The first kappa shape index (κ1) is 14.1. The van der Waals surface area contributed by atoms with Crippen LogP contribution in [0.25, 0.3) is 0 Å². The van der Waals surface area contributed by atoms with Gasteiger partial charge in [-0.3, -0.25) is 0 Å². The van der Waals surface area contributed by atoms with E-state index in [9.17, 15) is 0 Å². The lowest BCUT2D eigenvalue weighted by Gasteiger charge is -2.44. The largest absolute Gasteiger partial charge is 0.330 e. The minimum atomic E-state index is 0.716. The summed E-state index contributed by atoms with van der Waals surface area (Å²) in [7, 11) is 0. The summed E-state index contributed by atoms with van der Waals surface area (Å²) in [6.45, 7) is 3.45. The fourth-order valence-corrected chi connectivity index (χ4v) is 4.21. The molecule has 1 aliphatic carbocycles. The summed E-state index contributed by atoms with van der Waals surface area (Å²) in [6, 6.07) is 11.8. The second kappa shape index (κ2) is 6.73. The fourth-order valence-electron chi connectivity index (χ4n) is 4.21. The van der Waals surface area contributed by atoms with Gasteiger partial charge >= 0.3 is 0 Å². The number of piperidine rings is 1. The van der Waals surface area contributed by atoms with Crippen LogP contribution >= 0.6 is 0 Å². The van der Waals surface area contributed by atoms with Crippen LogP contribution in [-0.2, 0) is 0 Å². The Morgan fingerprint density at radius 2 is 1.75 bits per heavy atom. The van der Waals surface area contributed by atoms with E-state index in [1.54, 1.807) is 0 Å². The first-order valence-corrected chi connectivity index (χ1v) is 8.37. The zero-order valence-electron chi connectivity index (χ0n) is 12.5. The number of rotatable bonds is 3. The van der Waals surface area contributed by atoms with E-state index < -0.39 is 0 Å². The number of likely N-dealkylation sites (tertiary alicyclic amines) is 1. The monoisotopic (exact) mass is 272 g/mol. The standard InChI is InChI=1S/C18H28N2/c19-14-17-10-9-16(15-7-3-1-4-8-15)13-18(17)20-11-5-2-6-12-20/h1,3-4,7-8,16-18H,2,5-6,9-14,19H2. The molecule has 2 aliphatic rings. The maximum atomic E-state index is 6.06. The molecule has 1 saturated heterocycles. The van der Waals surface area contributed by atoms with Crippen molar-refractivity contribution in [2.24, 2.45) is 11.7 Å². The summed E-state index contributed by atoms with van der Waals surface area (Å²) in [5, 5.41) is 0. The van der Waals surface area contributed by atoms with Gasteiger partial charge in [0.25, 0.3) is 0 Å². The maximum absolute atomic E-state index is 6.06. The first-order valence-electron chi connectivity index (χ1n) is 8.37. The maximum Gasteiger partial charge on any atom is 0.0141 e. The highest BCUT2D eigenvalue weighted by Gasteiger charge is 2.34. The Bertz CT molecular complexity index is 397. The highest BCUT2D eigenvalue weighted by molar-refractivity contribution is 5.20. The summed E-state index contributed by atoms with van der Waals surface area (Å²) in [5.41, 5.74) is 7.59. The molecular weight excluding hydrogens is 244 g/mol. The third-order valence-corrected chi connectivity index (χ3v) is 5.39. The molecule has 1 heterocycles. The Morgan fingerprint density at radius 3 is 2.45 bits per heavy atom. The normalized spacial score (nSPS) is 32.1. The molecule has 0 aromatic heterocycles. The second-order valence-electron chi connectivity index (χ2n) is 6.58. The molecule has 0 radical (unpaired) electrons. The molecule has 3 rings (SSSR count). The van der Waals surface area contributed by atoms with Gasteiger partial charge in [-0.1, -0.05) is 36.8 Å². The Morgan fingerprint density at radius 1 is 1.00 bits per heavy atom. The lowest BCUT2D eigenvalue weighted by molar-refractivity contribution is 0.0800. The van der Waals surface area contributed by atoms with E-state index in [-0.39, 0.29) is 0 Å². The van der Waals surface area contributed by atoms with Crippen LogP contribution < -0.4 is 5.73 Å². The summed E-state index contributed by atoms with van der Waals surface area (Å²) in [5.74, 6) is 1.46. The van der Waals surface area contributed by atoms with Crippen molar-refractivity contribution < 1.29 is 0 Å². The number of hydrogen-bond donors (Lipinski definition) is 1. The highest BCUT2D eigenvalue weighted by Crippen LogP contribution is 2.38. The summed E-state index contributed by atoms with van der Waals surface area (Å²) in [6.07, 6.45) is 8.10. The molecule has 3 atom stereocenters. The second-order valence-corrected chi connectivity index (χ2v) is 6.58. The minimum absolute atomic E-state index is 0.716. The number of hydrogen-bond acceptors (Lipinski definition) is 2. The first-order chi connectivity index (χ1) is 9.88. The van der Waals surface area contributed by atoms with E-state index in [1.807, 2.05) is 0 Å². The number of nitrogens with two attached hydrogens (primary N) is 1. The van der Waals surface area contributed by atoms with Gasteiger partial charge in [0.1, 0.15) is 0 Å². The Labute approximate surface area is 123 Å². The molecule has 2 heteroatoms. The Balaban J connectivity index is 1.72. The number of nitrogens with zero attached hydrogens (tertiary/aromatic N) is 1. The van der Waals surface area contributed by atoms with Crippen molar-refractivity contribution in [3.8, 4) is 0 Å². The summed E-state index contributed by atoms with van der Waals surface area (Å²) < 4.78 is 0. The Hall–Kier alpha value is -0.860. The Kier molecular flexibility index (Phi) is 4.74. The van der Waals surface area contributed by atoms with Crippen molar-refractivity contribution in [2.45, 2.75) is 50.5 Å². The quantitative estimate of drug-likeness (QED) is 0.914. The topological polar surface area (TPSA) is 29.3 Å². The zero-order valence-corrected chi connectivity index (χ0v) is 12.5. The molecule has 2 fully saturated rings. The summed E-state index contributed by atoms with van der Waals surface area (Å²) >= 11 is 0. The predicted octanol–water partition coefficient (Wildman–Crippen LogP) is 3.38. The van der Waals surface area contributed by atoms with Crippen LogP contribution in [0.2, 0.25) is 0 Å². The third kappa shape index (κ3) is 3.07. The van der Waals surface area contributed by atoms with Gasteiger partial charge in [0.05, 0.1) is 0 Å². The fraction of sp³-hybridized carbons (Fsp3) is 0.667. The van der Waals surface area contributed by atoms with Crippen LogP contribution in [0.4, 0.5) is 0 Å². The summed E-state index contributed by atoms with van der Waals surface area (Å²) in [4.78, 5) is 2.75. The van der Waals surface area contributed by atoms with Gasteiger partial charge in [-0.2, -0.15) is 0 Å². The molecule has 0 spiro atoms. The average Bonchev–Trinajstić information content (AvgIpc) is 2.56. The van der Waals surface area contributed by atoms with E-state index >= 15 is 0 Å². The number of benzene rings is 1. The van der Waals surface area contributed by atoms with Crippen LogP contribution in [0.5, 0.6) is 0 Å². The van der Waals surface area contributed by atoms with E-state index in [1.165, 1.54) is 57.2 Å². The van der Waals surface area contributed by atoms with Crippen LogP contribution in [0, 0.1) is 5.92 Å². The molecule has 110 valence electrons. The molecule has 1 aromatic rings. The molecule has 0 bridgehead atoms. The minimum Gasteiger partial charge on any atom is -0.330 e. The molecule has 2 N–H and O–H groups in total. The molecule has 1 aliphatic heterocycles. The van der Waals surface area contributed by atoms with Crippen LogP contribution in [-0.4, -0.2) is 30.6 Å². The molecule has 1 aromatic carbocycles. The van der Waals surface area contributed by atoms with Gasteiger partial charge in [-0.15, -0.1) is 0 Å². The third-order valence-electron chi connectivity index (χ3n) is 5.39. The van der Waals surface area contributed by atoms with Crippen molar-refractivity contribution in [3.05, 3.63) is 35.9 Å². The molecular formula is C18H28N2. The van der Waals surface area contributed by atoms with Crippen LogP contribution in [0.15, 0.2) is 30.3 Å².